The zero-order valence-corrected chi connectivity index (χ0v) is 11.1. The Morgan fingerprint density at radius 3 is 3.06 bits per heavy atom. The zero-order chi connectivity index (χ0) is 12.7. The first-order valence-electron chi connectivity index (χ1n) is 5.27. The van der Waals surface area contributed by atoms with Crippen molar-refractivity contribution in [2.75, 3.05) is 0 Å². The summed E-state index contributed by atoms with van der Waals surface area (Å²) in [5.74, 6) is 0.176. The number of fused-ring (bicyclic) bond motifs is 1. The molecular formula is C12H9N3OS2. The summed E-state index contributed by atoms with van der Waals surface area (Å²) in [6, 6.07) is 3.76. The van der Waals surface area contributed by atoms with E-state index in [4.69, 9.17) is 12.2 Å². The van der Waals surface area contributed by atoms with E-state index in [0.717, 1.165) is 21.8 Å². The van der Waals surface area contributed by atoms with Crippen molar-refractivity contribution < 1.29 is 5.11 Å². The van der Waals surface area contributed by atoms with E-state index in [-0.39, 0.29) is 5.88 Å². The van der Waals surface area contributed by atoms with Crippen LogP contribution in [-0.2, 0) is 7.05 Å². The Morgan fingerprint density at radius 2 is 2.33 bits per heavy atom. The van der Waals surface area contributed by atoms with E-state index in [1.165, 1.54) is 11.3 Å². The SMILES string of the molecule is Cn1c(O)c(/C=C2\C=Nc3cccnc32)sc1=S. The first-order valence-corrected chi connectivity index (χ1v) is 6.49. The summed E-state index contributed by atoms with van der Waals surface area (Å²) in [4.78, 5) is 9.29. The Labute approximate surface area is 113 Å². The van der Waals surface area contributed by atoms with Gasteiger partial charge in [-0.05, 0) is 30.4 Å². The summed E-state index contributed by atoms with van der Waals surface area (Å²) < 4.78 is 2.22. The Bertz CT molecular complexity index is 740. The molecule has 90 valence electrons. The number of hydrogen-bond donors (Lipinski definition) is 1. The average molecular weight is 275 g/mol. The number of aromatic nitrogens is 2. The average Bonchev–Trinajstić information content (AvgIpc) is 2.89. The molecule has 18 heavy (non-hydrogen) atoms. The van der Waals surface area contributed by atoms with Crippen molar-refractivity contribution in [2.45, 2.75) is 0 Å². The van der Waals surface area contributed by atoms with E-state index in [1.807, 2.05) is 18.2 Å². The molecule has 0 radical (unpaired) electrons. The van der Waals surface area contributed by atoms with E-state index in [2.05, 4.69) is 9.98 Å². The highest BCUT2D eigenvalue weighted by molar-refractivity contribution is 7.73. The third-order valence-corrected chi connectivity index (χ3v) is 4.19. The smallest absolute Gasteiger partial charge is 0.210 e. The number of nitrogens with zero attached hydrogens (tertiary/aromatic N) is 3. The highest BCUT2D eigenvalue weighted by atomic mass is 32.1. The van der Waals surface area contributed by atoms with Gasteiger partial charge in [0.1, 0.15) is 0 Å². The monoisotopic (exact) mass is 275 g/mol. The van der Waals surface area contributed by atoms with Crippen LogP contribution in [0, 0.1) is 3.95 Å². The molecule has 3 rings (SSSR count). The van der Waals surface area contributed by atoms with Crippen molar-refractivity contribution in [3.8, 4) is 5.88 Å². The van der Waals surface area contributed by atoms with Crippen LogP contribution in [0.4, 0.5) is 5.69 Å². The molecule has 4 nitrogen and oxygen atoms in total. The summed E-state index contributed by atoms with van der Waals surface area (Å²) in [6.45, 7) is 0. The van der Waals surface area contributed by atoms with Crippen molar-refractivity contribution >= 4 is 47.1 Å². The fourth-order valence-corrected chi connectivity index (χ4v) is 2.91. The number of allylic oxidation sites excluding steroid dienone is 1. The van der Waals surface area contributed by atoms with Gasteiger partial charge in [0.25, 0.3) is 0 Å². The predicted molar refractivity (Wildman–Crippen MR) is 76.0 cm³/mol. The molecule has 0 atom stereocenters. The first-order chi connectivity index (χ1) is 8.66. The highest BCUT2D eigenvalue weighted by Gasteiger charge is 2.15. The minimum Gasteiger partial charge on any atom is -0.493 e. The van der Waals surface area contributed by atoms with E-state index >= 15 is 0 Å². The lowest BCUT2D eigenvalue weighted by atomic mass is 10.2. The number of hydrogen-bond acceptors (Lipinski definition) is 5. The molecule has 0 saturated carbocycles. The fourth-order valence-electron chi connectivity index (χ4n) is 1.72. The van der Waals surface area contributed by atoms with Crippen LogP contribution in [0.5, 0.6) is 5.88 Å². The van der Waals surface area contributed by atoms with E-state index in [1.54, 1.807) is 24.0 Å². The van der Waals surface area contributed by atoms with Gasteiger partial charge in [0.2, 0.25) is 5.88 Å². The van der Waals surface area contributed by atoms with Gasteiger partial charge in [-0.3, -0.25) is 14.5 Å². The molecule has 0 saturated heterocycles. The van der Waals surface area contributed by atoms with Gasteiger partial charge in [-0.2, -0.15) is 0 Å². The molecule has 0 bridgehead atoms. The largest absolute Gasteiger partial charge is 0.493 e. The molecule has 2 aromatic rings. The summed E-state index contributed by atoms with van der Waals surface area (Å²) in [5.41, 5.74) is 2.57. The maximum Gasteiger partial charge on any atom is 0.210 e. The van der Waals surface area contributed by atoms with Crippen LogP contribution in [-0.4, -0.2) is 20.9 Å². The minimum atomic E-state index is 0.176. The van der Waals surface area contributed by atoms with Crippen LogP contribution >= 0.6 is 23.6 Å². The molecule has 1 aliphatic heterocycles. The molecule has 0 aliphatic carbocycles. The van der Waals surface area contributed by atoms with Gasteiger partial charge >= 0.3 is 0 Å². The van der Waals surface area contributed by atoms with Crippen LogP contribution in [0.25, 0.3) is 11.6 Å². The lowest BCUT2D eigenvalue weighted by Gasteiger charge is -1.97. The number of pyridine rings is 1. The minimum absolute atomic E-state index is 0.176. The number of rotatable bonds is 1. The fraction of sp³-hybridized carbons (Fsp3) is 0.0833. The predicted octanol–water partition coefficient (Wildman–Crippen LogP) is 3.17. The normalized spacial score (nSPS) is 15.3. The van der Waals surface area contributed by atoms with Gasteiger partial charge in [0.15, 0.2) is 3.95 Å². The highest BCUT2D eigenvalue weighted by Crippen LogP contribution is 2.33. The molecule has 0 fully saturated rings. The second-order valence-corrected chi connectivity index (χ2v) is 5.52. The van der Waals surface area contributed by atoms with Crippen molar-refractivity contribution in [3.63, 3.8) is 0 Å². The maximum atomic E-state index is 9.92. The van der Waals surface area contributed by atoms with Crippen molar-refractivity contribution in [1.29, 1.82) is 0 Å². The Kier molecular flexibility index (Phi) is 2.61. The lowest BCUT2D eigenvalue weighted by Crippen LogP contribution is -1.86. The van der Waals surface area contributed by atoms with Crippen molar-refractivity contribution in [2.24, 2.45) is 12.0 Å². The Hall–Kier alpha value is -1.79. The third kappa shape index (κ3) is 1.70. The standard InChI is InChI=1S/C12H9N3OS2/c1-15-11(16)9(18-12(15)17)5-7-6-14-8-3-2-4-13-10(7)8/h2-6,16H,1H3/b7-5+. The van der Waals surface area contributed by atoms with E-state index in [0.29, 0.717) is 3.95 Å². The van der Waals surface area contributed by atoms with Crippen LogP contribution in [0.3, 0.4) is 0 Å². The van der Waals surface area contributed by atoms with Crippen LogP contribution < -0.4 is 0 Å². The molecule has 1 aliphatic rings. The zero-order valence-electron chi connectivity index (χ0n) is 9.49. The number of thiazole rings is 1. The molecular weight excluding hydrogens is 266 g/mol. The summed E-state index contributed by atoms with van der Waals surface area (Å²) >= 11 is 6.49. The molecule has 3 heterocycles. The first kappa shape index (κ1) is 11.3. The van der Waals surface area contributed by atoms with Crippen molar-refractivity contribution in [3.05, 3.63) is 32.9 Å². The maximum absolute atomic E-state index is 9.92. The summed E-state index contributed by atoms with van der Waals surface area (Å²) in [5, 5.41) is 9.92. The Balaban J connectivity index is 2.12. The van der Waals surface area contributed by atoms with Gasteiger partial charge in [-0.1, -0.05) is 0 Å². The van der Waals surface area contributed by atoms with Gasteiger partial charge in [-0.15, -0.1) is 11.3 Å². The molecule has 1 N–H and O–H groups in total. The van der Waals surface area contributed by atoms with Crippen LogP contribution in [0.1, 0.15) is 10.6 Å². The second-order valence-electron chi connectivity index (χ2n) is 3.84. The summed E-state index contributed by atoms with van der Waals surface area (Å²) in [6.07, 6.45) is 5.34. The van der Waals surface area contributed by atoms with Crippen LogP contribution in [0.15, 0.2) is 23.3 Å². The van der Waals surface area contributed by atoms with Crippen molar-refractivity contribution in [1.82, 2.24) is 9.55 Å². The van der Waals surface area contributed by atoms with E-state index < -0.39 is 0 Å². The molecule has 0 amide bonds. The second kappa shape index (κ2) is 4.15. The van der Waals surface area contributed by atoms with Crippen LogP contribution in [0.2, 0.25) is 0 Å². The third-order valence-electron chi connectivity index (χ3n) is 2.70. The molecule has 0 spiro atoms. The number of aromatic hydroxyl groups is 1. The lowest BCUT2D eigenvalue weighted by molar-refractivity contribution is 0.430. The topological polar surface area (TPSA) is 50.4 Å². The molecule has 2 aromatic heterocycles. The van der Waals surface area contributed by atoms with Gasteiger partial charge in [0, 0.05) is 25.0 Å². The van der Waals surface area contributed by atoms with Gasteiger partial charge < -0.3 is 5.11 Å². The van der Waals surface area contributed by atoms with E-state index in [9.17, 15) is 5.11 Å². The number of aliphatic imine (C=N–C) groups is 1. The Morgan fingerprint density at radius 1 is 1.50 bits per heavy atom. The molecule has 0 aromatic carbocycles. The molecule has 6 heteroatoms. The summed E-state index contributed by atoms with van der Waals surface area (Å²) in [7, 11) is 1.74. The molecule has 0 unspecified atom stereocenters. The van der Waals surface area contributed by atoms with Gasteiger partial charge in [0.05, 0.1) is 16.3 Å². The quantitative estimate of drug-likeness (QED) is 0.813. The van der Waals surface area contributed by atoms with Gasteiger partial charge in [-0.25, -0.2) is 0 Å².